The Morgan fingerprint density at radius 3 is 2.83 bits per heavy atom. The molecule has 1 aliphatic rings. The molecule has 7 heteroatoms. The second-order valence-corrected chi connectivity index (χ2v) is 5.85. The highest BCUT2D eigenvalue weighted by atomic mass is 35.5. The monoisotopic (exact) mass is 330 g/mol. The Morgan fingerprint density at radius 2 is 2.09 bits per heavy atom. The molecule has 0 unspecified atom stereocenters. The summed E-state index contributed by atoms with van der Waals surface area (Å²) < 4.78 is 0. The maximum absolute atomic E-state index is 12.5. The fourth-order valence-electron chi connectivity index (χ4n) is 2.53. The molecule has 0 fully saturated rings. The first-order chi connectivity index (χ1) is 11.0. The molecule has 0 bridgehead atoms. The van der Waals surface area contributed by atoms with Crippen molar-refractivity contribution in [2.45, 2.75) is 13.3 Å². The van der Waals surface area contributed by atoms with E-state index >= 15 is 0 Å². The van der Waals surface area contributed by atoms with Crippen LogP contribution >= 0.6 is 11.6 Å². The van der Waals surface area contributed by atoms with Gasteiger partial charge in [0.1, 0.15) is 6.54 Å². The van der Waals surface area contributed by atoms with Crippen molar-refractivity contribution in [3.63, 3.8) is 0 Å². The quantitative estimate of drug-likeness (QED) is 0.935. The van der Waals surface area contributed by atoms with E-state index in [1.165, 1.54) is 17.3 Å². The summed E-state index contributed by atoms with van der Waals surface area (Å²) in [6.07, 6.45) is 3.54. The summed E-state index contributed by atoms with van der Waals surface area (Å²) in [6.45, 7) is 2.49. The van der Waals surface area contributed by atoms with Crippen LogP contribution in [0.5, 0.6) is 0 Å². The van der Waals surface area contributed by atoms with Crippen molar-refractivity contribution >= 4 is 29.4 Å². The van der Waals surface area contributed by atoms with Crippen LogP contribution in [0.1, 0.15) is 21.5 Å². The summed E-state index contributed by atoms with van der Waals surface area (Å²) in [5.74, 6) is -0.297. The first-order valence-corrected chi connectivity index (χ1v) is 7.57. The predicted octanol–water partition coefficient (Wildman–Crippen LogP) is 2.08. The molecule has 23 heavy (non-hydrogen) atoms. The molecule has 1 aromatic carbocycles. The number of carbonyl (C=O) groups excluding carboxylic acids is 2. The van der Waals surface area contributed by atoms with E-state index in [0.29, 0.717) is 17.1 Å². The van der Waals surface area contributed by atoms with Crippen LogP contribution in [0.25, 0.3) is 0 Å². The Labute approximate surface area is 138 Å². The van der Waals surface area contributed by atoms with Gasteiger partial charge in [-0.3, -0.25) is 14.9 Å². The van der Waals surface area contributed by atoms with Crippen molar-refractivity contribution in [1.29, 1.82) is 0 Å². The molecule has 2 amide bonds. The van der Waals surface area contributed by atoms with Crippen LogP contribution in [-0.2, 0) is 11.2 Å². The summed E-state index contributed by atoms with van der Waals surface area (Å²) in [4.78, 5) is 33.8. The Hall–Kier alpha value is -2.47. The lowest BCUT2D eigenvalue weighted by molar-refractivity contribution is -0.117. The molecule has 1 aliphatic heterocycles. The van der Waals surface area contributed by atoms with Crippen LogP contribution in [0, 0.1) is 6.92 Å². The third-order valence-electron chi connectivity index (χ3n) is 3.64. The number of nitrogens with one attached hydrogen (secondary N) is 1. The maximum atomic E-state index is 12.5. The molecule has 118 valence electrons. The van der Waals surface area contributed by atoms with E-state index in [1.54, 1.807) is 0 Å². The summed E-state index contributed by atoms with van der Waals surface area (Å²) in [7, 11) is 0. The fraction of sp³-hybridized carbons (Fsp3) is 0.250. The molecule has 3 rings (SSSR count). The van der Waals surface area contributed by atoms with Gasteiger partial charge in [0.25, 0.3) is 5.91 Å². The predicted molar refractivity (Wildman–Crippen MR) is 86.5 cm³/mol. The molecular formula is C16H15ClN4O2. The Balaban J connectivity index is 1.66. The van der Waals surface area contributed by atoms with E-state index in [2.05, 4.69) is 15.3 Å². The second kappa shape index (κ2) is 6.34. The highest BCUT2D eigenvalue weighted by Gasteiger charge is 2.25. The summed E-state index contributed by atoms with van der Waals surface area (Å²) in [5.41, 5.74) is 2.83. The zero-order chi connectivity index (χ0) is 16.4. The van der Waals surface area contributed by atoms with E-state index in [4.69, 9.17) is 11.6 Å². The van der Waals surface area contributed by atoms with Gasteiger partial charge in [-0.25, -0.2) is 9.97 Å². The Bertz CT molecular complexity index is 761. The smallest absolute Gasteiger partial charge is 0.254 e. The minimum atomic E-state index is -0.337. The first-order valence-electron chi connectivity index (χ1n) is 7.19. The van der Waals surface area contributed by atoms with Gasteiger partial charge in [-0.1, -0.05) is 29.3 Å². The zero-order valence-corrected chi connectivity index (χ0v) is 13.3. The van der Waals surface area contributed by atoms with Gasteiger partial charge in [0.05, 0.1) is 17.4 Å². The van der Waals surface area contributed by atoms with Crippen molar-refractivity contribution in [3.8, 4) is 0 Å². The number of aryl methyl sites for hydroxylation is 1. The minimum Gasteiger partial charge on any atom is -0.329 e. The highest BCUT2D eigenvalue weighted by Crippen LogP contribution is 2.20. The molecule has 2 heterocycles. The lowest BCUT2D eigenvalue weighted by Crippen LogP contribution is -2.42. The first kappa shape index (κ1) is 15.4. The summed E-state index contributed by atoms with van der Waals surface area (Å²) in [5, 5.41) is 2.95. The number of anilines is 1. The lowest BCUT2D eigenvalue weighted by atomic mass is 9.97. The number of nitrogens with zero attached hydrogens (tertiary/aromatic N) is 3. The third kappa shape index (κ3) is 3.48. The summed E-state index contributed by atoms with van der Waals surface area (Å²) >= 11 is 5.69. The van der Waals surface area contributed by atoms with Crippen molar-refractivity contribution in [1.82, 2.24) is 14.9 Å². The van der Waals surface area contributed by atoms with Gasteiger partial charge in [0.2, 0.25) is 11.9 Å². The molecule has 1 N–H and O–H groups in total. The molecular weight excluding hydrogens is 316 g/mol. The average molecular weight is 331 g/mol. The van der Waals surface area contributed by atoms with Crippen LogP contribution in [0.4, 0.5) is 5.95 Å². The van der Waals surface area contributed by atoms with Gasteiger partial charge >= 0.3 is 0 Å². The highest BCUT2D eigenvalue weighted by molar-refractivity contribution is 6.30. The Kier molecular flexibility index (Phi) is 4.25. The maximum Gasteiger partial charge on any atom is 0.254 e. The van der Waals surface area contributed by atoms with Crippen LogP contribution in [-0.4, -0.2) is 39.8 Å². The Morgan fingerprint density at radius 1 is 1.35 bits per heavy atom. The van der Waals surface area contributed by atoms with Crippen LogP contribution in [0.15, 0.2) is 30.6 Å². The number of hydrogen-bond donors (Lipinski definition) is 1. The van der Waals surface area contributed by atoms with Gasteiger partial charge in [-0.15, -0.1) is 0 Å². The molecule has 0 saturated carbocycles. The van der Waals surface area contributed by atoms with E-state index in [-0.39, 0.29) is 24.3 Å². The molecule has 6 nitrogen and oxygen atoms in total. The molecule has 2 aromatic rings. The van der Waals surface area contributed by atoms with Crippen LogP contribution in [0.2, 0.25) is 5.02 Å². The number of aromatic nitrogens is 2. The van der Waals surface area contributed by atoms with Gasteiger partial charge in [-0.2, -0.15) is 0 Å². The number of fused-ring (bicyclic) bond motifs is 1. The van der Waals surface area contributed by atoms with Crippen LogP contribution in [0.3, 0.4) is 0 Å². The third-order valence-corrected chi connectivity index (χ3v) is 3.83. The van der Waals surface area contributed by atoms with Gasteiger partial charge in [-0.05, 0) is 25.0 Å². The van der Waals surface area contributed by atoms with Gasteiger partial charge in [0.15, 0.2) is 0 Å². The van der Waals surface area contributed by atoms with Crippen LogP contribution < -0.4 is 5.32 Å². The average Bonchev–Trinajstić information content (AvgIpc) is 2.52. The largest absolute Gasteiger partial charge is 0.329 e. The molecule has 0 saturated heterocycles. The van der Waals surface area contributed by atoms with Crippen molar-refractivity contribution < 1.29 is 9.59 Å². The second-order valence-electron chi connectivity index (χ2n) is 5.41. The molecule has 1 aromatic heterocycles. The van der Waals surface area contributed by atoms with Crippen molar-refractivity contribution in [3.05, 3.63) is 52.3 Å². The number of halogens is 1. The van der Waals surface area contributed by atoms with Crippen molar-refractivity contribution in [2.24, 2.45) is 0 Å². The number of hydrogen-bond acceptors (Lipinski definition) is 4. The molecule has 0 atom stereocenters. The SMILES string of the molecule is Cc1ccc2c(c1)CCN(CC(=O)Nc1ncc(Cl)cn1)C2=O. The van der Waals surface area contributed by atoms with E-state index in [9.17, 15) is 9.59 Å². The number of benzene rings is 1. The van der Waals surface area contributed by atoms with E-state index in [1.807, 2.05) is 25.1 Å². The fourth-order valence-corrected chi connectivity index (χ4v) is 2.63. The number of rotatable bonds is 3. The van der Waals surface area contributed by atoms with E-state index < -0.39 is 0 Å². The molecule has 0 spiro atoms. The van der Waals surface area contributed by atoms with Gasteiger partial charge < -0.3 is 4.90 Å². The van der Waals surface area contributed by atoms with E-state index in [0.717, 1.165) is 17.5 Å². The number of carbonyl (C=O) groups is 2. The van der Waals surface area contributed by atoms with Crippen molar-refractivity contribution in [2.75, 3.05) is 18.4 Å². The summed E-state index contributed by atoms with van der Waals surface area (Å²) in [6, 6.07) is 5.74. The number of amides is 2. The minimum absolute atomic E-state index is 0.0296. The lowest BCUT2D eigenvalue weighted by Gasteiger charge is -2.28. The topological polar surface area (TPSA) is 75.2 Å². The normalized spacial score (nSPS) is 13.7. The molecule has 0 aliphatic carbocycles. The van der Waals surface area contributed by atoms with Gasteiger partial charge in [0, 0.05) is 12.1 Å². The molecule has 0 radical (unpaired) electrons. The zero-order valence-electron chi connectivity index (χ0n) is 12.5. The standard InChI is InChI=1S/C16H15ClN4O2/c1-10-2-3-13-11(6-10)4-5-21(15(13)23)9-14(22)20-16-18-7-12(17)8-19-16/h2-3,6-8H,4-5,9H2,1H3,(H,18,19,20,22).